The predicted molar refractivity (Wildman–Crippen MR) is 86.0 cm³/mol. The van der Waals surface area contributed by atoms with E-state index in [-0.39, 0.29) is 0 Å². The average Bonchev–Trinajstić information content (AvgIpc) is 2.46. The van der Waals surface area contributed by atoms with Crippen molar-refractivity contribution in [3.8, 4) is 0 Å². The van der Waals surface area contributed by atoms with Gasteiger partial charge >= 0.3 is 0 Å². The van der Waals surface area contributed by atoms with Crippen LogP contribution in [0.5, 0.6) is 0 Å². The maximum Gasteiger partial charge on any atom is 0.0343 e. The van der Waals surface area contributed by atoms with Crippen molar-refractivity contribution in [2.45, 2.75) is 19.9 Å². The predicted octanol–water partition coefficient (Wildman–Crippen LogP) is 2.22. The van der Waals surface area contributed by atoms with Gasteiger partial charge in [0.15, 0.2) is 0 Å². The van der Waals surface area contributed by atoms with Crippen LogP contribution in [0.15, 0.2) is 30.3 Å². The second kappa shape index (κ2) is 7.77. The number of benzene rings is 1. The molecule has 1 fully saturated rings. The SMILES string of the molecule is CC(C)C(NCCN1CCN(C)CC1)c1ccccc1. The zero-order valence-corrected chi connectivity index (χ0v) is 13.2. The first-order valence-electron chi connectivity index (χ1n) is 7.86. The lowest BCUT2D eigenvalue weighted by molar-refractivity contribution is 0.152. The number of hydrogen-bond donors (Lipinski definition) is 1. The Morgan fingerprint density at radius 2 is 1.70 bits per heavy atom. The molecule has 112 valence electrons. The minimum absolute atomic E-state index is 0.462. The molecule has 0 aromatic heterocycles. The Labute approximate surface area is 124 Å². The summed E-state index contributed by atoms with van der Waals surface area (Å²) in [6.45, 7) is 11.6. The summed E-state index contributed by atoms with van der Waals surface area (Å²) in [4.78, 5) is 4.97. The van der Waals surface area contributed by atoms with Gasteiger partial charge in [-0.05, 0) is 18.5 Å². The Morgan fingerprint density at radius 1 is 1.05 bits per heavy atom. The van der Waals surface area contributed by atoms with Crippen molar-refractivity contribution in [2.75, 3.05) is 46.3 Å². The van der Waals surface area contributed by atoms with Gasteiger partial charge < -0.3 is 10.2 Å². The first-order valence-corrected chi connectivity index (χ1v) is 7.86. The van der Waals surface area contributed by atoms with Crippen molar-refractivity contribution in [1.29, 1.82) is 0 Å². The lowest BCUT2D eigenvalue weighted by atomic mass is 9.96. The minimum atomic E-state index is 0.462. The van der Waals surface area contributed by atoms with Crippen molar-refractivity contribution in [3.05, 3.63) is 35.9 Å². The molecule has 1 aliphatic heterocycles. The third-order valence-electron chi connectivity index (χ3n) is 4.21. The fraction of sp³-hybridized carbons (Fsp3) is 0.647. The second-order valence-electron chi connectivity index (χ2n) is 6.23. The number of hydrogen-bond acceptors (Lipinski definition) is 3. The Hall–Kier alpha value is -0.900. The topological polar surface area (TPSA) is 18.5 Å². The zero-order valence-electron chi connectivity index (χ0n) is 13.2. The molecule has 1 aromatic rings. The van der Waals surface area contributed by atoms with E-state index in [9.17, 15) is 0 Å². The van der Waals surface area contributed by atoms with E-state index < -0.39 is 0 Å². The van der Waals surface area contributed by atoms with Crippen LogP contribution in [-0.2, 0) is 0 Å². The summed E-state index contributed by atoms with van der Waals surface area (Å²) >= 11 is 0. The molecule has 1 unspecified atom stereocenters. The molecule has 0 saturated carbocycles. The summed E-state index contributed by atoms with van der Waals surface area (Å²) in [5, 5.41) is 3.74. The molecule has 1 saturated heterocycles. The van der Waals surface area contributed by atoms with Crippen LogP contribution in [0.4, 0.5) is 0 Å². The summed E-state index contributed by atoms with van der Waals surface area (Å²) in [5.41, 5.74) is 1.40. The van der Waals surface area contributed by atoms with E-state index in [1.54, 1.807) is 0 Å². The summed E-state index contributed by atoms with van der Waals surface area (Å²) in [7, 11) is 2.21. The number of piperazine rings is 1. The van der Waals surface area contributed by atoms with Crippen LogP contribution < -0.4 is 5.32 Å². The highest BCUT2D eigenvalue weighted by molar-refractivity contribution is 5.19. The zero-order chi connectivity index (χ0) is 14.4. The van der Waals surface area contributed by atoms with Crippen LogP contribution in [0, 0.1) is 5.92 Å². The minimum Gasteiger partial charge on any atom is -0.308 e. The number of nitrogens with zero attached hydrogens (tertiary/aromatic N) is 2. The smallest absolute Gasteiger partial charge is 0.0343 e. The highest BCUT2D eigenvalue weighted by Gasteiger charge is 2.16. The molecule has 1 N–H and O–H groups in total. The first kappa shape index (κ1) is 15.5. The molecule has 2 rings (SSSR count). The molecule has 1 aromatic carbocycles. The highest BCUT2D eigenvalue weighted by atomic mass is 15.2. The molecule has 3 nitrogen and oxygen atoms in total. The molecule has 0 bridgehead atoms. The summed E-state index contributed by atoms with van der Waals surface area (Å²) in [6, 6.07) is 11.3. The summed E-state index contributed by atoms with van der Waals surface area (Å²) in [6.07, 6.45) is 0. The maximum atomic E-state index is 3.74. The molecule has 3 heteroatoms. The average molecular weight is 275 g/mol. The van der Waals surface area contributed by atoms with Gasteiger partial charge in [-0.1, -0.05) is 44.2 Å². The van der Waals surface area contributed by atoms with E-state index in [0.717, 1.165) is 13.1 Å². The molecule has 0 radical (unpaired) electrons. The normalized spacial score (nSPS) is 19.4. The largest absolute Gasteiger partial charge is 0.308 e. The van der Waals surface area contributed by atoms with E-state index in [4.69, 9.17) is 0 Å². The van der Waals surface area contributed by atoms with Gasteiger partial charge in [0.25, 0.3) is 0 Å². The van der Waals surface area contributed by atoms with E-state index >= 15 is 0 Å². The molecule has 1 heterocycles. The quantitative estimate of drug-likeness (QED) is 0.859. The van der Waals surface area contributed by atoms with E-state index in [1.165, 1.54) is 31.7 Å². The summed E-state index contributed by atoms with van der Waals surface area (Å²) in [5.74, 6) is 0.616. The maximum absolute atomic E-state index is 3.74. The third kappa shape index (κ3) is 4.58. The van der Waals surface area contributed by atoms with Crippen LogP contribution >= 0.6 is 0 Å². The lowest BCUT2D eigenvalue weighted by Crippen LogP contribution is -2.46. The number of rotatable bonds is 6. The molecule has 0 aliphatic carbocycles. The van der Waals surface area contributed by atoms with Crippen molar-refractivity contribution in [1.82, 2.24) is 15.1 Å². The molecule has 1 aliphatic rings. The number of likely N-dealkylation sites (N-methyl/N-ethyl adjacent to an activating group) is 1. The Morgan fingerprint density at radius 3 is 2.30 bits per heavy atom. The molecule has 0 spiro atoms. The standard InChI is InChI=1S/C17H29N3/c1-15(2)17(16-7-5-4-6-8-16)18-9-10-20-13-11-19(3)12-14-20/h4-8,15,17-18H,9-14H2,1-3H3. The second-order valence-corrected chi connectivity index (χ2v) is 6.23. The highest BCUT2D eigenvalue weighted by Crippen LogP contribution is 2.20. The van der Waals surface area contributed by atoms with Crippen molar-refractivity contribution in [3.63, 3.8) is 0 Å². The van der Waals surface area contributed by atoms with Crippen molar-refractivity contribution in [2.24, 2.45) is 5.92 Å². The fourth-order valence-corrected chi connectivity index (χ4v) is 2.85. The van der Waals surface area contributed by atoms with E-state index in [0.29, 0.717) is 12.0 Å². The van der Waals surface area contributed by atoms with Crippen LogP contribution in [0.25, 0.3) is 0 Å². The van der Waals surface area contributed by atoms with Gasteiger partial charge in [-0.25, -0.2) is 0 Å². The monoisotopic (exact) mass is 275 g/mol. The summed E-state index contributed by atoms with van der Waals surface area (Å²) < 4.78 is 0. The van der Waals surface area contributed by atoms with Gasteiger partial charge in [-0.2, -0.15) is 0 Å². The van der Waals surface area contributed by atoms with Gasteiger partial charge in [-0.3, -0.25) is 4.90 Å². The molecule has 20 heavy (non-hydrogen) atoms. The fourth-order valence-electron chi connectivity index (χ4n) is 2.85. The van der Waals surface area contributed by atoms with Crippen LogP contribution in [0.3, 0.4) is 0 Å². The van der Waals surface area contributed by atoms with Gasteiger partial charge in [0, 0.05) is 45.3 Å². The molecule has 0 amide bonds. The van der Waals surface area contributed by atoms with Crippen LogP contribution in [-0.4, -0.2) is 56.1 Å². The van der Waals surface area contributed by atoms with Gasteiger partial charge in [0.05, 0.1) is 0 Å². The molecular weight excluding hydrogens is 246 g/mol. The molecule has 1 atom stereocenters. The van der Waals surface area contributed by atoms with Crippen LogP contribution in [0.1, 0.15) is 25.5 Å². The Bertz CT molecular complexity index is 369. The number of nitrogens with one attached hydrogen (secondary N) is 1. The third-order valence-corrected chi connectivity index (χ3v) is 4.21. The molecular formula is C17H29N3. The Kier molecular flexibility index (Phi) is 6.02. The van der Waals surface area contributed by atoms with Gasteiger partial charge in [0.2, 0.25) is 0 Å². The lowest BCUT2D eigenvalue weighted by Gasteiger charge is -2.33. The van der Waals surface area contributed by atoms with E-state index in [1.807, 2.05) is 0 Å². The Balaban J connectivity index is 1.78. The van der Waals surface area contributed by atoms with Crippen molar-refractivity contribution < 1.29 is 0 Å². The van der Waals surface area contributed by atoms with Gasteiger partial charge in [0.1, 0.15) is 0 Å². The van der Waals surface area contributed by atoms with Crippen molar-refractivity contribution >= 4 is 0 Å². The first-order chi connectivity index (χ1) is 9.66. The van der Waals surface area contributed by atoms with Gasteiger partial charge in [-0.15, -0.1) is 0 Å². The van der Waals surface area contributed by atoms with Crippen LogP contribution in [0.2, 0.25) is 0 Å². The van der Waals surface area contributed by atoms with E-state index in [2.05, 4.69) is 66.3 Å².